The van der Waals surface area contributed by atoms with E-state index in [2.05, 4.69) is 0 Å². The van der Waals surface area contributed by atoms with Crippen molar-refractivity contribution in [3.63, 3.8) is 0 Å². The topological polar surface area (TPSA) is 18.5 Å². The van der Waals surface area contributed by atoms with E-state index < -0.39 is 23.3 Å². The fourth-order valence-corrected chi connectivity index (χ4v) is 2.15. The van der Waals surface area contributed by atoms with Crippen LogP contribution in [0.4, 0.5) is 17.6 Å². The maximum absolute atomic E-state index is 12.8. The molecule has 0 saturated carbocycles. The molecule has 4 aromatic carbocycles. The number of rotatable bonds is 6. The van der Waals surface area contributed by atoms with Crippen LogP contribution in [0.2, 0.25) is 0 Å². The Balaban J connectivity index is 0.000000468. The average molecular weight is 520 g/mol. The van der Waals surface area contributed by atoms with E-state index in [1.807, 2.05) is 86.6 Å². The van der Waals surface area contributed by atoms with E-state index in [1.165, 1.54) is 12.1 Å². The minimum Gasteiger partial charge on any atom is -0.548 e. The van der Waals surface area contributed by atoms with Crippen LogP contribution in [-0.2, 0) is 21.7 Å². The Morgan fingerprint density at radius 2 is 0.971 bits per heavy atom. The summed E-state index contributed by atoms with van der Waals surface area (Å²) in [5.41, 5.74) is 0. The molecular formula is C28H28F4O2Ti. The van der Waals surface area contributed by atoms with Gasteiger partial charge < -0.3 is 9.47 Å². The number of benzene rings is 2. The van der Waals surface area contributed by atoms with Gasteiger partial charge in [-0.15, -0.1) is 36.4 Å². The summed E-state index contributed by atoms with van der Waals surface area (Å²) in [4.78, 5) is 0. The molecule has 2 nitrogen and oxygen atoms in total. The van der Waals surface area contributed by atoms with Crippen molar-refractivity contribution in [3.8, 4) is 11.5 Å². The SMILES string of the molecule is CCCOc1ccc(F)[c-]c1F.CCCOc1ccc(F)[c-]c1F.[Ti+4].c1cc[cH-]c1.c1cc[cH-]c1. The first kappa shape index (κ1) is 32.2. The third kappa shape index (κ3) is 15.7. The smallest absolute Gasteiger partial charge is 0.548 e. The molecule has 0 bridgehead atoms. The van der Waals surface area contributed by atoms with Crippen molar-refractivity contribution in [2.45, 2.75) is 26.7 Å². The second kappa shape index (κ2) is 20.5. The number of ether oxygens (including phenoxy) is 2. The molecule has 0 aromatic heterocycles. The van der Waals surface area contributed by atoms with E-state index in [1.54, 1.807) is 0 Å². The summed E-state index contributed by atoms with van der Waals surface area (Å²) in [7, 11) is 0. The zero-order valence-corrected chi connectivity index (χ0v) is 21.3. The van der Waals surface area contributed by atoms with Crippen molar-refractivity contribution >= 4 is 0 Å². The molecule has 4 aromatic rings. The molecule has 4 rings (SSSR count). The quantitative estimate of drug-likeness (QED) is 0.146. The van der Waals surface area contributed by atoms with Crippen molar-refractivity contribution < 1.29 is 48.8 Å². The Morgan fingerprint density at radius 1 is 0.629 bits per heavy atom. The standard InChI is InChI=1S/2C9H9F2O.2C5H5.Ti/c2*1-2-5-12-9-4-3-7(10)6-8(9)11;2*1-2-4-5-3-1;/h2*3-4H,2,5H2,1H3;2*1-5H;/q4*-1;+4. The molecule has 0 radical (unpaired) electrons. The maximum Gasteiger partial charge on any atom is 4.00 e. The van der Waals surface area contributed by atoms with Gasteiger partial charge in [0.2, 0.25) is 0 Å². The van der Waals surface area contributed by atoms with Gasteiger partial charge >= 0.3 is 21.7 Å². The van der Waals surface area contributed by atoms with Crippen LogP contribution in [0, 0.1) is 35.4 Å². The van der Waals surface area contributed by atoms with Crippen molar-refractivity contribution in [1.82, 2.24) is 0 Å². The Hall–Kier alpha value is -2.83. The number of hydrogen-bond donors (Lipinski definition) is 0. The maximum atomic E-state index is 12.8. The second-order valence-corrected chi connectivity index (χ2v) is 6.59. The Morgan fingerprint density at radius 3 is 1.20 bits per heavy atom. The Kier molecular flexibility index (Phi) is 18.9. The Bertz CT molecular complexity index is 874. The second-order valence-electron chi connectivity index (χ2n) is 6.59. The zero-order valence-electron chi connectivity index (χ0n) is 19.7. The molecule has 0 N–H and O–H groups in total. The van der Waals surface area contributed by atoms with Gasteiger partial charge in [0.25, 0.3) is 0 Å². The molecule has 0 spiro atoms. The van der Waals surface area contributed by atoms with E-state index in [4.69, 9.17) is 9.47 Å². The summed E-state index contributed by atoms with van der Waals surface area (Å²) in [5, 5.41) is 0. The van der Waals surface area contributed by atoms with Gasteiger partial charge in [-0.05, 0) is 12.8 Å². The van der Waals surface area contributed by atoms with Gasteiger partial charge in [0, 0.05) is 23.1 Å². The summed E-state index contributed by atoms with van der Waals surface area (Å²) in [5.74, 6) is -2.86. The molecule has 0 aliphatic heterocycles. The van der Waals surface area contributed by atoms with E-state index in [0.29, 0.717) is 13.2 Å². The van der Waals surface area contributed by atoms with E-state index in [9.17, 15) is 17.6 Å². The molecule has 7 heteroatoms. The van der Waals surface area contributed by atoms with Crippen molar-refractivity contribution in [1.29, 1.82) is 0 Å². The minimum atomic E-state index is -0.775. The van der Waals surface area contributed by atoms with Gasteiger partial charge in [-0.25, -0.2) is 41.8 Å². The first-order chi connectivity index (χ1) is 16.5. The fraction of sp³-hybridized carbons (Fsp3) is 0.214. The van der Waals surface area contributed by atoms with Gasteiger partial charge in [-0.3, -0.25) is 0 Å². The molecule has 0 aliphatic carbocycles. The summed E-state index contributed by atoms with van der Waals surface area (Å²) in [6.45, 7) is 4.67. The molecule has 0 aliphatic rings. The fourth-order valence-electron chi connectivity index (χ4n) is 2.15. The summed E-state index contributed by atoms with van der Waals surface area (Å²) >= 11 is 0. The zero-order chi connectivity index (χ0) is 25.0. The van der Waals surface area contributed by atoms with Gasteiger partial charge in [-0.1, -0.05) is 13.8 Å². The average Bonchev–Trinajstić information content (AvgIpc) is 3.58. The molecular weight excluding hydrogens is 492 g/mol. The van der Waals surface area contributed by atoms with E-state index in [0.717, 1.165) is 25.0 Å². The van der Waals surface area contributed by atoms with Crippen LogP contribution in [0.25, 0.3) is 0 Å². The summed E-state index contributed by atoms with van der Waals surface area (Å²) in [6.07, 6.45) is 1.58. The third-order valence-electron chi connectivity index (χ3n) is 3.69. The van der Waals surface area contributed by atoms with Crippen molar-refractivity contribution in [2.75, 3.05) is 13.2 Å². The molecule has 0 fully saturated rings. The van der Waals surface area contributed by atoms with Gasteiger partial charge in [0.15, 0.2) is 0 Å². The van der Waals surface area contributed by atoms with Gasteiger partial charge in [0.1, 0.15) is 0 Å². The van der Waals surface area contributed by atoms with Crippen LogP contribution in [0.1, 0.15) is 26.7 Å². The minimum absolute atomic E-state index is 0. The van der Waals surface area contributed by atoms with E-state index >= 15 is 0 Å². The van der Waals surface area contributed by atoms with Crippen molar-refractivity contribution in [2.24, 2.45) is 0 Å². The number of halogens is 4. The van der Waals surface area contributed by atoms with Crippen LogP contribution < -0.4 is 9.47 Å². The molecule has 35 heavy (non-hydrogen) atoms. The molecule has 0 amide bonds. The van der Waals surface area contributed by atoms with Gasteiger partial charge in [-0.2, -0.15) is 36.4 Å². The van der Waals surface area contributed by atoms with Crippen LogP contribution >= 0.6 is 0 Å². The Labute approximate surface area is 220 Å². The molecule has 0 saturated heterocycles. The monoisotopic (exact) mass is 520 g/mol. The van der Waals surface area contributed by atoms with E-state index in [-0.39, 0.29) is 33.2 Å². The summed E-state index contributed by atoms with van der Waals surface area (Å²) < 4.78 is 60.1. The summed E-state index contributed by atoms with van der Waals surface area (Å²) in [6, 6.07) is 28.5. The van der Waals surface area contributed by atoms with Crippen molar-refractivity contribution in [3.05, 3.63) is 120 Å². The first-order valence-corrected chi connectivity index (χ1v) is 10.8. The predicted octanol–water partition coefficient (Wildman–Crippen LogP) is 7.92. The largest absolute Gasteiger partial charge is 4.00 e. The van der Waals surface area contributed by atoms with Gasteiger partial charge in [0.05, 0.1) is 24.8 Å². The normalized spacial score (nSPS) is 9.09. The molecule has 0 heterocycles. The molecule has 0 atom stereocenters. The van der Waals surface area contributed by atoms with Crippen LogP contribution in [0.15, 0.2) is 84.9 Å². The number of hydrogen-bond acceptors (Lipinski definition) is 2. The molecule has 184 valence electrons. The van der Waals surface area contributed by atoms with Crippen LogP contribution in [-0.4, -0.2) is 13.2 Å². The van der Waals surface area contributed by atoms with Crippen LogP contribution in [0.3, 0.4) is 0 Å². The molecule has 0 unspecified atom stereocenters. The van der Waals surface area contributed by atoms with Crippen LogP contribution in [0.5, 0.6) is 11.5 Å². The first-order valence-electron chi connectivity index (χ1n) is 10.8. The third-order valence-corrected chi connectivity index (χ3v) is 3.69. The predicted molar refractivity (Wildman–Crippen MR) is 126 cm³/mol.